The molecule has 0 saturated heterocycles. The van der Waals surface area contributed by atoms with E-state index >= 15 is 0 Å². The molecule has 0 atom stereocenters. The Balaban J connectivity index is 0. The minimum absolute atomic E-state index is 0.0249. The second-order valence-electron chi connectivity index (χ2n) is 4.75. The summed E-state index contributed by atoms with van der Waals surface area (Å²) in [5.74, 6) is -0.152. The van der Waals surface area contributed by atoms with E-state index in [2.05, 4.69) is 15.4 Å². The van der Waals surface area contributed by atoms with Crippen LogP contribution in [0.1, 0.15) is 40.0 Å². The van der Waals surface area contributed by atoms with Crippen molar-refractivity contribution in [1.82, 2.24) is 10.6 Å². The molecule has 8 heteroatoms. The third-order valence-electron chi connectivity index (χ3n) is 2.81. The van der Waals surface area contributed by atoms with Gasteiger partial charge < -0.3 is 24.8 Å². The fourth-order valence-corrected chi connectivity index (χ4v) is 1.53. The Labute approximate surface area is 151 Å². The first-order valence-corrected chi connectivity index (χ1v) is 8.79. The molecule has 25 heavy (non-hydrogen) atoms. The molecule has 148 valence electrons. The third-order valence-corrected chi connectivity index (χ3v) is 2.81. The van der Waals surface area contributed by atoms with Gasteiger partial charge in [0.25, 0.3) is 0 Å². The molecule has 0 heterocycles. The first-order valence-electron chi connectivity index (χ1n) is 8.79. The quantitative estimate of drug-likeness (QED) is 0.415. The van der Waals surface area contributed by atoms with Crippen molar-refractivity contribution >= 4 is 17.6 Å². The minimum atomic E-state index is -0.200. The zero-order chi connectivity index (χ0) is 19.3. The highest BCUT2D eigenvalue weighted by Crippen LogP contribution is 1.89. The highest BCUT2D eigenvalue weighted by Gasteiger charge is 2.02. The summed E-state index contributed by atoms with van der Waals surface area (Å²) < 4.78 is 15.1. The average molecular weight is 362 g/mol. The van der Waals surface area contributed by atoms with Gasteiger partial charge in [0.2, 0.25) is 11.8 Å². The van der Waals surface area contributed by atoms with E-state index in [-0.39, 0.29) is 37.2 Å². The van der Waals surface area contributed by atoms with Gasteiger partial charge in [-0.15, -0.1) is 0 Å². The zero-order valence-electron chi connectivity index (χ0n) is 16.0. The lowest BCUT2D eigenvalue weighted by molar-refractivity contribution is -0.125. The number of ether oxygens (including phenoxy) is 3. The number of methoxy groups -OCH3 is 1. The molecule has 0 aromatic rings. The van der Waals surface area contributed by atoms with Crippen LogP contribution in [-0.2, 0) is 28.6 Å². The summed E-state index contributed by atoms with van der Waals surface area (Å²) in [5, 5.41) is 5.30. The zero-order valence-corrected chi connectivity index (χ0v) is 16.0. The lowest BCUT2D eigenvalue weighted by Crippen LogP contribution is -2.31. The Bertz CT molecular complexity index is 350. The van der Waals surface area contributed by atoms with Crippen molar-refractivity contribution in [3.8, 4) is 0 Å². The van der Waals surface area contributed by atoms with Crippen LogP contribution in [0.3, 0.4) is 0 Å². The number of carbonyl (C=O) groups excluding carboxylic acids is 3. The second kappa shape index (κ2) is 20.5. The molecule has 0 aromatic carbocycles. The summed E-state index contributed by atoms with van der Waals surface area (Å²) in [6, 6.07) is 0. The van der Waals surface area contributed by atoms with Crippen LogP contribution >= 0.6 is 0 Å². The van der Waals surface area contributed by atoms with Gasteiger partial charge in [-0.2, -0.15) is 0 Å². The van der Waals surface area contributed by atoms with Crippen LogP contribution in [-0.4, -0.2) is 70.8 Å². The van der Waals surface area contributed by atoms with Crippen molar-refractivity contribution in [2.45, 2.75) is 40.0 Å². The van der Waals surface area contributed by atoms with Crippen LogP contribution in [0, 0.1) is 0 Å². The molecule has 0 aromatic heterocycles. The number of nitrogens with one attached hydrogen (secondary N) is 2. The number of hydrogen-bond acceptors (Lipinski definition) is 6. The second-order valence-corrected chi connectivity index (χ2v) is 4.75. The lowest BCUT2D eigenvalue weighted by Gasteiger charge is -2.07. The Kier molecular flexibility index (Phi) is 21.1. The Hall–Kier alpha value is -1.51. The van der Waals surface area contributed by atoms with E-state index in [1.165, 1.54) is 7.11 Å². The molecule has 2 amide bonds. The summed E-state index contributed by atoms with van der Waals surface area (Å²) in [6.45, 7) is 8.04. The van der Waals surface area contributed by atoms with E-state index < -0.39 is 0 Å². The molecule has 0 aliphatic heterocycles. The topological polar surface area (TPSA) is 103 Å². The highest BCUT2D eigenvalue weighted by molar-refractivity contribution is 5.78. The van der Waals surface area contributed by atoms with E-state index in [9.17, 15) is 14.4 Å². The van der Waals surface area contributed by atoms with E-state index in [1.807, 2.05) is 20.8 Å². The normalized spacial score (nSPS) is 9.76. The van der Waals surface area contributed by atoms with Gasteiger partial charge in [-0.25, -0.2) is 0 Å². The molecule has 0 spiro atoms. The van der Waals surface area contributed by atoms with Crippen molar-refractivity contribution in [3.05, 3.63) is 0 Å². The number of amides is 2. The average Bonchev–Trinajstić information content (AvgIpc) is 2.62. The summed E-state index contributed by atoms with van der Waals surface area (Å²) in [5.41, 5.74) is 0. The van der Waals surface area contributed by atoms with E-state index in [0.717, 1.165) is 0 Å². The number of hydrogen-bond donors (Lipinski definition) is 2. The number of rotatable bonds is 15. The van der Waals surface area contributed by atoms with Gasteiger partial charge in [0, 0.05) is 39.5 Å². The molecular weight excluding hydrogens is 328 g/mol. The molecular formula is C17H34N2O6. The van der Waals surface area contributed by atoms with Gasteiger partial charge in [-0.3, -0.25) is 14.4 Å². The Morgan fingerprint density at radius 1 is 0.800 bits per heavy atom. The monoisotopic (exact) mass is 362 g/mol. The fraction of sp³-hybridized carbons (Fsp3) is 0.824. The molecule has 0 radical (unpaired) electrons. The first-order chi connectivity index (χ1) is 12.1. The largest absolute Gasteiger partial charge is 0.379 e. The van der Waals surface area contributed by atoms with Gasteiger partial charge in [-0.1, -0.05) is 20.8 Å². The van der Waals surface area contributed by atoms with E-state index in [0.29, 0.717) is 45.8 Å². The first kappa shape index (κ1) is 25.7. The van der Waals surface area contributed by atoms with Crippen molar-refractivity contribution in [1.29, 1.82) is 0 Å². The highest BCUT2D eigenvalue weighted by atomic mass is 16.5. The van der Waals surface area contributed by atoms with Crippen molar-refractivity contribution in [2.75, 3.05) is 53.2 Å². The van der Waals surface area contributed by atoms with Crippen LogP contribution in [0.5, 0.6) is 0 Å². The standard InChI is InChI=1S/C15H28N2O6.C2H6/c1-3-13(18)4-8-22-10-6-16-14(19)5-9-23-11-7-17-15(20)12-21-2;1-2/h3-12H2,1-2H3,(H,16,19)(H,17,20);1-2H3. The molecule has 0 aliphatic rings. The smallest absolute Gasteiger partial charge is 0.246 e. The number of carbonyl (C=O) groups is 3. The predicted octanol–water partition coefficient (Wildman–Crippen LogP) is 0.684. The van der Waals surface area contributed by atoms with Crippen molar-refractivity contribution in [2.24, 2.45) is 0 Å². The van der Waals surface area contributed by atoms with Gasteiger partial charge in [0.15, 0.2) is 0 Å². The van der Waals surface area contributed by atoms with Gasteiger partial charge >= 0.3 is 0 Å². The maximum Gasteiger partial charge on any atom is 0.246 e. The molecule has 0 unspecified atom stereocenters. The van der Waals surface area contributed by atoms with E-state index in [4.69, 9.17) is 9.47 Å². The molecule has 8 nitrogen and oxygen atoms in total. The maximum atomic E-state index is 11.5. The van der Waals surface area contributed by atoms with Crippen molar-refractivity contribution in [3.63, 3.8) is 0 Å². The number of Topliss-reactive ketones (excluding diaryl/α,β-unsaturated/α-hetero) is 1. The Morgan fingerprint density at radius 3 is 1.84 bits per heavy atom. The molecule has 2 N–H and O–H groups in total. The van der Waals surface area contributed by atoms with Crippen LogP contribution in [0.15, 0.2) is 0 Å². The SMILES string of the molecule is CC.CCC(=O)CCOCCNC(=O)CCOCCNC(=O)COC. The van der Waals surface area contributed by atoms with Gasteiger partial charge in [0.1, 0.15) is 12.4 Å². The summed E-state index contributed by atoms with van der Waals surface area (Å²) >= 11 is 0. The summed E-state index contributed by atoms with van der Waals surface area (Å²) in [4.78, 5) is 33.5. The maximum absolute atomic E-state index is 11.5. The molecule has 0 rings (SSSR count). The molecule has 0 bridgehead atoms. The van der Waals surface area contributed by atoms with Crippen molar-refractivity contribution < 1.29 is 28.6 Å². The fourth-order valence-electron chi connectivity index (χ4n) is 1.53. The van der Waals surface area contributed by atoms with Gasteiger partial charge in [0.05, 0.1) is 26.4 Å². The van der Waals surface area contributed by atoms with Crippen LogP contribution in [0.4, 0.5) is 0 Å². The molecule has 0 aliphatic carbocycles. The van der Waals surface area contributed by atoms with Crippen LogP contribution in [0.25, 0.3) is 0 Å². The summed E-state index contributed by atoms with van der Waals surface area (Å²) in [7, 11) is 1.45. The number of ketones is 1. The van der Waals surface area contributed by atoms with Crippen LogP contribution < -0.4 is 10.6 Å². The van der Waals surface area contributed by atoms with Gasteiger partial charge in [-0.05, 0) is 0 Å². The Morgan fingerprint density at radius 2 is 1.32 bits per heavy atom. The minimum Gasteiger partial charge on any atom is -0.379 e. The predicted molar refractivity (Wildman–Crippen MR) is 95.4 cm³/mol. The van der Waals surface area contributed by atoms with E-state index in [1.54, 1.807) is 0 Å². The lowest BCUT2D eigenvalue weighted by atomic mass is 10.2. The molecule has 0 saturated carbocycles. The van der Waals surface area contributed by atoms with Crippen LogP contribution in [0.2, 0.25) is 0 Å². The summed E-state index contributed by atoms with van der Waals surface area (Å²) in [6.07, 6.45) is 1.19. The molecule has 0 fully saturated rings. The third kappa shape index (κ3) is 20.4.